The highest BCUT2D eigenvalue weighted by molar-refractivity contribution is 7.90. The van der Waals surface area contributed by atoms with Crippen LogP contribution in [0.3, 0.4) is 0 Å². The van der Waals surface area contributed by atoms with Crippen LogP contribution in [0, 0.1) is 0 Å². The van der Waals surface area contributed by atoms with Crippen LogP contribution in [0.25, 0.3) is 0 Å². The van der Waals surface area contributed by atoms with Crippen LogP contribution < -0.4 is 5.32 Å². The van der Waals surface area contributed by atoms with Gasteiger partial charge in [-0.3, -0.25) is 9.63 Å². The average molecular weight is 308 g/mol. The van der Waals surface area contributed by atoms with Crippen molar-refractivity contribution in [1.82, 2.24) is 10.4 Å². The molecule has 1 aliphatic heterocycles. The van der Waals surface area contributed by atoms with Gasteiger partial charge in [-0.1, -0.05) is 0 Å². The van der Waals surface area contributed by atoms with E-state index in [1.807, 2.05) is 0 Å². The molecule has 0 aromatic rings. The third-order valence-corrected chi connectivity index (χ3v) is 3.22. The van der Waals surface area contributed by atoms with Gasteiger partial charge in [0.05, 0.1) is 12.3 Å². The molecule has 0 radical (unpaired) electrons. The number of hydroxylamine groups is 2. The summed E-state index contributed by atoms with van der Waals surface area (Å²) in [6.45, 7) is 5.01. The summed E-state index contributed by atoms with van der Waals surface area (Å²) >= 11 is 0. The fourth-order valence-electron chi connectivity index (χ4n) is 1.45. The highest BCUT2D eigenvalue weighted by Crippen LogP contribution is 2.11. The van der Waals surface area contributed by atoms with E-state index in [1.165, 1.54) is 0 Å². The fraction of sp³-hybridized carbons (Fsp3) is 0.818. The molecule has 1 rings (SSSR count). The second-order valence-electron chi connectivity index (χ2n) is 5.56. The van der Waals surface area contributed by atoms with Crippen molar-refractivity contribution in [3.05, 3.63) is 0 Å². The third kappa shape index (κ3) is 5.74. The number of nitrogens with one attached hydrogen (secondary N) is 1. The van der Waals surface area contributed by atoms with Gasteiger partial charge in [0.25, 0.3) is 5.91 Å². The molecule has 0 aromatic heterocycles. The van der Waals surface area contributed by atoms with Crippen molar-refractivity contribution >= 4 is 21.8 Å². The molecule has 1 atom stereocenters. The topological polar surface area (TPSA) is 102 Å². The fourth-order valence-corrected chi connectivity index (χ4v) is 1.95. The Morgan fingerprint density at radius 2 is 2.10 bits per heavy atom. The van der Waals surface area contributed by atoms with Crippen LogP contribution in [0.15, 0.2) is 0 Å². The lowest BCUT2D eigenvalue weighted by Crippen LogP contribution is -2.45. The van der Waals surface area contributed by atoms with E-state index in [9.17, 15) is 18.0 Å². The molecule has 8 nitrogen and oxygen atoms in total. The number of alkyl carbamates (subject to hydrolysis) is 1. The maximum atomic E-state index is 11.9. The van der Waals surface area contributed by atoms with Crippen LogP contribution in [0.4, 0.5) is 4.79 Å². The predicted molar refractivity (Wildman–Crippen MR) is 70.5 cm³/mol. The van der Waals surface area contributed by atoms with E-state index < -0.39 is 33.5 Å². The first kappa shape index (κ1) is 16.7. The van der Waals surface area contributed by atoms with Crippen LogP contribution in [-0.4, -0.2) is 62.3 Å². The van der Waals surface area contributed by atoms with E-state index in [2.05, 4.69) is 5.32 Å². The molecule has 1 saturated heterocycles. The number of carbonyl (C=O) groups excluding carboxylic acids is 2. The van der Waals surface area contributed by atoms with Gasteiger partial charge in [0.2, 0.25) is 0 Å². The monoisotopic (exact) mass is 308 g/mol. The molecule has 1 heterocycles. The molecule has 0 spiro atoms. The minimum Gasteiger partial charge on any atom is -0.444 e. The largest absolute Gasteiger partial charge is 0.444 e. The number of ether oxygens (including phenoxy) is 1. The van der Waals surface area contributed by atoms with Crippen LogP contribution in [0.1, 0.15) is 20.8 Å². The predicted octanol–water partition coefficient (Wildman–Crippen LogP) is -0.302. The summed E-state index contributed by atoms with van der Waals surface area (Å²) in [7, 11) is -3.19. The first-order valence-corrected chi connectivity index (χ1v) is 8.15. The molecule has 0 unspecified atom stereocenters. The molecule has 0 aromatic carbocycles. The lowest BCUT2D eigenvalue weighted by atomic mass is 10.2. The summed E-state index contributed by atoms with van der Waals surface area (Å²) in [5.74, 6) is -0.683. The zero-order valence-corrected chi connectivity index (χ0v) is 12.8. The molecule has 2 amide bonds. The molecule has 0 aliphatic carbocycles. The van der Waals surface area contributed by atoms with Crippen molar-refractivity contribution in [2.75, 3.05) is 25.2 Å². The number of amides is 2. The van der Waals surface area contributed by atoms with Gasteiger partial charge in [-0.05, 0) is 20.8 Å². The lowest BCUT2D eigenvalue weighted by Gasteiger charge is -2.20. The van der Waals surface area contributed by atoms with Crippen LogP contribution >= 0.6 is 0 Å². The Balaban J connectivity index is 2.48. The van der Waals surface area contributed by atoms with E-state index in [-0.39, 0.29) is 18.9 Å². The molecule has 1 N–H and O–H groups in total. The Morgan fingerprint density at radius 3 is 2.60 bits per heavy atom. The van der Waals surface area contributed by atoms with E-state index in [1.54, 1.807) is 20.8 Å². The first-order chi connectivity index (χ1) is 8.98. The molecular formula is C11H20N2O6S. The van der Waals surface area contributed by atoms with Crippen molar-refractivity contribution in [3.8, 4) is 0 Å². The summed E-state index contributed by atoms with van der Waals surface area (Å²) in [4.78, 5) is 28.4. The van der Waals surface area contributed by atoms with Gasteiger partial charge in [0, 0.05) is 6.26 Å². The van der Waals surface area contributed by atoms with Crippen LogP contribution in [0.2, 0.25) is 0 Å². The van der Waals surface area contributed by atoms with E-state index >= 15 is 0 Å². The van der Waals surface area contributed by atoms with Crippen molar-refractivity contribution < 1.29 is 27.6 Å². The Morgan fingerprint density at radius 1 is 1.50 bits per heavy atom. The van der Waals surface area contributed by atoms with Gasteiger partial charge in [-0.25, -0.2) is 18.3 Å². The van der Waals surface area contributed by atoms with Crippen LogP contribution in [0.5, 0.6) is 0 Å². The summed E-state index contributed by atoms with van der Waals surface area (Å²) < 4.78 is 27.1. The number of hydrogen-bond donors (Lipinski definition) is 1. The Labute approximate surface area is 118 Å². The molecule has 0 saturated carbocycles. The van der Waals surface area contributed by atoms with Crippen molar-refractivity contribution in [2.24, 2.45) is 0 Å². The second kappa shape index (κ2) is 5.96. The molecule has 0 bridgehead atoms. The minimum absolute atomic E-state index is 0.0398. The molecule has 1 fully saturated rings. The summed E-state index contributed by atoms with van der Waals surface area (Å²) in [5, 5.41) is 3.33. The average Bonchev–Trinajstić information content (AvgIpc) is 2.54. The number of hydrogen-bond acceptors (Lipinski definition) is 6. The summed E-state index contributed by atoms with van der Waals surface area (Å²) in [6, 6.07) is -0.857. The standard InChI is InChI=1S/C11H20N2O6S/c1-11(2,3)19-10(15)12-8-7-18-13(9(8)14)5-6-20(4,16)17/h8H,5-7H2,1-4H3,(H,12,15)/t8-/m1/s1. The lowest BCUT2D eigenvalue weighted by molar-refractivity contribution is -0.160. The molecule has 20 heavy (non-hydrogen) atoms. The Hall–Kier alpha value is -1.35. The van der Waals surface area contributed by atoms with E-state index in [0.29, 0.717) is 0 Å². The summed E-state index contributed by atoms with van der Waals surface area (Å²) in [5.41, 5.74) is -0.664. The molecule has 116 valence electrons. The van der Waals surface area contributed by atoms with Gasteiger partial charge in [-0.15, -0.1) is 0 Å². The molecule has 9 heteroatoms. The maximum Gasteiger partial charge on any atom is 0.408 e. The maximum absolute atomic E-state index is 11.9. The zero-order valence-electron chi connectivity index (χ0n) is 12.0. The number of sulfone groups is 1. The summed E-state index contributed by atoms with van der Waals surface area (Å²) in [6.07, 6.45) is 0.355. The van der Waals surface area contributed by atoms with Crippen LogP contribution in [-0.2, 0) is 24.2 Å². The van der Waals surface area contributed by atoms with Gasteiger partial charge >= 0.3 is 6.09 Å². The first-order valence-electron chi connectivity index (χ1n) is 6.09. The molecule has 1 aliphatic rings. The normalized spacial score (nSPS) is 20.1. The van der Waals surface area contributed by atoms with Gasteiger partial charge < -0.3 is 10.1 Å². The zero-order chi connectivity index (χ0) is 15.6. The Bertz CT molecular complexity index is 482. The van der Waals surface area contributed by atoms with Crippen molar-refractivity contribution in [1.29, 1.82) is 0 Å². The quantitative estimate of drug-likeness (QED) is 0.765. The van der Waals surface area contributed by atoms with E-state index in [4.69, 9.17) is 9.57 Å². The molecular weight excluding hydrogens is 288 g/mol. The third-order valence-electron chi connectivity index (χ3n) is 2.30. The van der Waals surface area contributed by atoms with Crippen molar-refractivity contribution in [2.45, 2.75) is 32.4 Å². The van der Waals surface area contributed by atoms with E-state index in [0.717, 1.165) is 11.3 Å². The minimum atomic E-state index is -3.19. The number of nitrogens with zero attached hydrogens (tertiary/aromatic N) is 1. The van der Waals surface area contributed by atoms with Crippen molar-refractivity contribution in [3.63, 3.8) is 0 Å². The number of rotatable bonds is 4. The Kier molecular flexibility index (Phi) is 4.98. The number of carbonyl (C=O) groups is 2. The van der Waals surface area contributed by atoms with Gasteiger partial charge in [-0.2, -0.15) is 0 Å². The smallest absolute Gasteiger partial charge is 0.408 e. The SMILES string of the molecule is CC(C)(C)OC(=O)N[C@@H]1CON(CCS(C)(=O)=O)C1=O. The highest BCUT2D eigenvalue weighted by atomic mass is 32.2. The second-order valence-corrected chi connectivity index (χ2v) is 7.82. The van der Waals surface area contributed by atoms with Gasteiger partial charge in [0.1, 0.15) is 28.1 Å². The highest BCUT2D eigenvalue weighted by Gasteiger charge is 2.35. The van der Waals surface area contributed by atoms with Gasteiger partial charge in [0.15, 0.2) is 0 Å².